The van der Waals surface area contributed by atoms with Gasteiger partial charge in [0.2, 0.25) is 0 Å². The van der Waals surface area contributed by atoms with E-state index < -0.39 is 0 Å². The molecule has 0 aliphatic heterocycles. The van der Waals surface area contributed by atoms with Crippen molar-refractivity contribution in [2.75, 3.05) is 0 Å². The van der Waals surface area contributed by atoms with E-state index in [0.29, 0.717) is 0 Å². The Labute approximate surface area is 115 Å². The van der Waals surface area contributed by atoms with E-state index in [9.17, 15) is 0 Å². The third-order valence-corrected chi connectivity index (χ3v) is 3.16. The van der Waals surface area contributed by atoms with Gasteiger partial charge in [-0.15, -0.1) is 0 Å². The topological polar surface area (TPSA) is 12.4 Å². The van der Waals surface area contributed by atoms with Crippen LogP contribution >= 0.6 is 0 Å². The van der Waals surface area contributed by atoms with Crippen LogP contribution in [0.4, 0.5) is 0 Å². The molecule has 0 saturated heterocycles. The maximum Gasteiger partial charge on any atom is 0.0633 e. The van der Waals surface area contributed by atoms with Crippen molar-refractivity contribution >= 4 is 11.4 Å². The van der Waals surface area contributed by atoms with Gasteiger partial charge in [0, 0.05) is 5.71 Å². The molecule has 1 heteroatoms. The van der Waals surface area contributed by atoms with E-state index in [-0.39, 0.29) is 0 Å². The zero-order chi connectivity index (χ0) is 13.7. The van der Waals surface area contributed by atoms with Crippen molar-refractivity contribution in [2.24, 2.45) is 4.99 Å². The fourth-order valence-corrected chi connectivity index (χ4v) is 1.98. The number of nitrogens with zero attached hydrogens (tertiary/aromatic N) is 1. The molecule has 0 spiro atoms. The number of aryl methyl sites for hydroxylation is 1. The van der Waals surface area contributed by atoms with Gasteiger partial charge < -0.3 is 0 Å². The van der Waals surface area contributed by atoms with E-state index in [4.69, 9.17) is 0 Å². The summed E-state index contributed by atoms with van der Waals surface area (Å²) in [4.78, 5) is 4.62. The van der Waals surface area contributed by atoms with Gasteiger partial charge in [-0.05, 0) is 36.1 Å². The third kappa shape index (κ3) is 3.41. The van der Waals surface area contributed by atoms with Gasteiger partial charge in [0.15, 0.2) is 0 Å². The Bertz CT molecular complexity index is 594. The highest BCUT2D eigenvalue weighted by atomic mass is 14.7. The van der Waals surface area contributed by atoms with Gasteiger partial charge in [-0.3, -0.25) is 4.99 Å². The lowest BCUT2D eigenvalue weighted by Gasteiger charge is -2.05. The van der Waals surface area contributed by atoms with Crippen LogP contribution in [0.2, 0.25) is 0 Å². The second-order valence-corrected chi connectivity index (χ2v) is 4.56. The molecule has 0 unspecified atom stereocenters. The molecule has 0 amide bonds. The van der Waals surface area contributed by atoms with E-state index in [1.165, 1.54) is 5.56 Å². The maximum absolute atomic E-state index is 4.62. The minimum Gasteiger partial charge on any atom is -0.253 e. The SMILES string of the molecule is C=C(/N=C(\C)c1ccccc1)c1cccc(CC)c1. The van der Waals surface area contributed by atoms with Gasteiger partial charge in [-0.25, -0.2) is 0 Å². The Hall–Kier alpha value is -2.15. The van der Waals surface area contributed by atoms with Gasteiger partial charge in [0.05, 0.1) is 5.70 Å². The first kappa shape index (κ1) is 13.3. The molecular formula is C18H19N. The molecule has 2 aromatic carbocycles. The van der Waals surface area contributed by atoms with Crippen molar-refractivity contribution < 1.29 is 0 Å². The Morgan fingerprint density at radius 1 is 1.00 bits per heavy atom. The summed E-state index contributed by atoms with van der Waals surface area (Å²) in [6.07, 6.45) is 1.03. The number of hydrogen-bond acceptors (Lipinski definition) is 1. The molecule has 0 atom stereocenters. The fraction of sp³-hybridized carbons (Fsp3) is 0.167. The molecule has 0 aliphatic carbocycles. The quantitative estimate of drug-likeness (QED) is 0.695. The van der Waals surface area contributed by atoms with Crippen molar-refractivity contribution in [1.82, 2.24) is 0 Å². The second-order valence-electron chi connectivity index (χ2n) is 4.56. The van der Waals surface area contributed by atoms with Crippen LogP contribution in [0.1, 0.15) is 30.5 Å². The van der Waals surface area contributed by atoms with Crippen molar-refractivity contribution in [3.05, 3.63) is 77.9 Å². The molecule has 0 heterocycles. The summed E-state index contributed by atoms with van der Waals surface area (Å²) in [7, 11) is 0. The van der Waals surface area contributed by atoms with Crippen LogP contribution in [0, 0.1) is 0 Å². The smallest absolute Gasteiger partial charge is 0.0633 e. The maximum atomic E-state index is 4.62. The number of hydrogen-bond donors (Lipinski definition) is 0. The normalized spacial score (nSPS) is 11.4. The molecule has 0 fully saturated rings. The highest BCUT2D eigenvalue weighted by molar-refractivity contribution is 6.01. The predicted molar refractivity (Wildman–Crippen MR) is 83.5 cm³/mol. The molecule has 0 aromatic heterocycles. The number of rotatable bonds is 4. The van der Waals surface area contributed by atoms with Crippen LogP contribution in [-0.2, 0) is 6.42 Å². The van der Waals surface area contributed by atoms with Gasteiger partial charge in [-0.1, -0.05) is 62.0 Å². The third-order valence-electron chi connectivity index (χ3n) is 3.16. The summed E-state index contributed by atoms with van der Waals surface area (Å²) in [5.74, 6) is 0. The van der Waals surface area contributed by atoms with E-state index in [1.807, 2.05) is 25.1 Å². The van der Waals surface area contributed by atoms with E-state index in [1.54, 1.807) is 0 Å². The molecule has 0 saturated carbocycles. The monoisotopic (exact) mass is 249 g/mol. The van der Waals surface area contributed by atoms with E-state index in [0.717, 1.165) is 29.0 Å². The Balaban J connectivity index is 2.25. The van der Waals surface area contributed by atoms with Crippen molar-refractivity contribution in [3.8, 4) is 0 Å². The average molecular weight is 249 g/mol. The van der Waals surface area contributed by atoms with Crippen LogP contribution in [0.15, 0.2) is 66.2 Å². The molecule has 96 valence electrons. The standard InChI is InChI=1S/C18H19N/c1-4-16-9-8-12-18(13-16)15(3)19-14(2)17-10-6-5-7-11-17/h5-13H,3-4H2,1-2H3/b19-14+. The van der Waals surface area contributed by atoms with Gasteiger partial charge in [0.1, 0.15) is 0 Å². The predicted octanol–water partition coefficient (Wildman–Crippen LogP) is 4.73. The minimum atomic E-state index is 0.816. The number of benzene rings is 2. The summed E-state index contributed by atoms with van der Waals surface area (Å²) in [6, 6.07) is 18.6. The first-order valence-electron chi connectivity index (χ1n) is 6.59. The molecule has 19 heavy (non-hydrogen) atoms. The van der Waals surface area contributed by atoms with Crippen LogP contribution in [0.5, 0.6) is 0 Å². The summed E-state index contributed by atoms with van der Waals surface area (Å²) in [5, 5.41) is 0. The first-order chi connectivity index (χ1) is 9.20. The molecular weight excluding hydrogens is 230 g/mol. The van der Waals surface area contributed by atoms with Crippen molar-refractivity contribution in [3.63, 3.8) is 0 Å². The van der Waals surface area contributed by atoms with Gasteiger partial charge >= 0.3 is 0 Å². The van der Waals surface area contributed by atoms with E-state index in [2.05, 4.69) is 54.9 Å². The van der Waals surface area contributed by atoms with Crippen LogP contribution < -0.4 is 0 Å². The summed E-state index contributed by atoms with van der Waals surface area (Å²) < 4.78 is 0. The number of aliphatic imine (C=N–C) groups is 1. The van der Waals surface area contributed by atoms with Crippen LogP contribution in [0.3, 0.4) is 0 Å². The Morgan fingerprint density at radius 2 is 1.68 bits per heavy atom. The molecule has 2 rings (SSSR count). The van der Waals surface area contributed by atoms with Crippen molar-refractivity contribution in [2.45, 2.75) is 20.3 Å². The van der Waals surface area contributed by atoms with E-state index >= 15 is 0 Å². The molecule has 2 aromatic rings. The Kier molecular flexibility index (Phi) is 4.30. The Morgan fingerprint density at radius 3 is 2.37 bits per heavy atom. The fourth-order valence-electron chi connectivity index (χ4n) is 1.98. The minimum absolute atomic E-state index is 0.816. The molecule has 0 radical (unpaired) electrons. The molecule has 0 bridgehead atoms. The van der Waals surface area contributed by atoms with Crippen molar-refractivity contribution in [1.29, 1.82) is 0 Å². The lowest BCUT2D eigenvalue weighted by atomic mass is 10.1. The second kappa shape index (κ2) is 6.14. The largest absolute Gasteiger partial charge is 0.253 e. The highest BCUT2D eigenvalue weighted by Gasteiger charge is 2.01. The van der Waals surface area contributed by atoms with Gasteiger partial charge in [0.25, 0.3) is 0 Å². The highest BCUT2D eigenvalue weighted by Crippen LogP contribution is 2.17. The molecule has 0 aliphatic rings. The average Bonchev–Trinajstić information content (AvgIpc) is 2.48. The summed E-state index contributed by atoms with van der Waals surface area (Å²) >= 11 is 0. The van der Waals surface area contributed by atoms with Crippen LogP contribution in [-0.4, -0.2) is 5.71 Å². The lowest BCUT2D eigenvalue weighted by Crippen LogP contribution is -1.95. The zero-order valence-electron chi connectivity index (χ0n) is 11.6. The lowest BCUT2D eigenvalue weighted by molar-refractivity contribution is 1.14. The summed E-state index contributed by atoms with van der Waals surface area (Å²) in [6.45, 7) is 8.25. The summed E-state index contributed by atoms with van der Waals surface area (Å²) in [5.41, 5.74) is 5.35. The molecule has 1 nitrogen and oxygen atoms in total. The zero-order valence-corrected chi connectivity index (χ0v) is 11.6. The molecule has 0 N–H and O–H groups in total. The van der Waals surface area contributed by atoms with Gasteiger partial charge in [-0.2, -0.15) is 0 Å². The van der Waals surface area contributed by atoms with Crippen LogP contribution in [0.25, 0.3) is 5.70 Å². The first-order valence-corrected chi connectivity index (χ1v) is 6.59.